The molecular weight excluding hydrogens is 358 g/mol. The molecule has 5 nitrogen and oxygen atoms in total. The SMILES string of the molecule is CCOc1ccc(NC(=S)N2CCN(Cc3ccc(OC)cc3)CC2)cc1. The molecule has 1 heterocycles. The van der Waals surface area contributed by atoms with Crippen molar-refractivity contribution in [2.75, 3.05) is 45.2 Å². The minimum absolute atomic E-state index is 0.673. The van der Waals surface area contributed by atoms with Gasteiger partial charge in [-0.15, -0.1) is 0 Å². The summed E-state index contributed by atoms with van der Waals surface area (Å²) in [6.07, 6.45) is 0. The molecule has 1 N–H and O–H groups in total. The quantitative estimate of drug-likeness (QED) is 0.766. The molecule has 6 heteroatoms. The fraction of sp³-hybridized carbons (Fsp3) is 0.381. The topological polar surface area (TPSA) is 37.0 Å². The number of hydrogen-bond donors (Lipinski definition) is 1. The van der Waals surface area contributed by atoms with Crippen LogP contribution < -0.4 is 14.8 Å². The maximum absolute atomic E-state index is 5.59. The van der Waals surface area contributed by atoms with Crippen LogP contribution in [0.4, 0.5) is 5.69 Å². The minimum atomic E-state index is 0.673. The highest BCUT2D eigenvalue weighted by Crippen LogP contribution is 2.17. The number of hydrogen-bond acceptors (Lipinski definition) is 4. The molecule has 2 aromatic carbocycles. The predicted molar refractivity (Wildman–Crippen MR) is 114 cm³/mol. The highest BCUT2D eigenvalue weighted by molar-refractivity contribution is 7.80. The van der Waals surface area contributed by atoms with Gasteiger partial charge in [0.2, 0.25) is 0 Å². The molecule has 1 fully saturated rings. The summed E-state index contributed by atoms with van der Waals surface area (Å²) in [6, 6.07) is 16.2. The van der Waals surface area contributed by atoms with Crippen LogP contribution in [0.1, 0.15) is 12.5 Å². The third-order valence-corrected chi connectivity index (χ3v) is 5.00. The van der Waals surface area contributed by atoms with Crippen molar-refractivity contribution in [1.29, 1.82) is 0 Å². The summed E-state index contributed by atoms with van der Waals surface area (Å²) >= 11 is 5.59. The summed E-state index contributed by atoms with van der Waals surface area (Å²) in [6.45, 7) is 7.46. The first kappa shape index (κ1) is 19.5. The maximum atomic E-state index is 5.59. The Hall–Kier alpha value is -2.31. The number of thiocarbonyl (C=S) groups is 1. The Balaban J connectivity index is 1.45. The summed E-state index contributed by atoms with van der Waals surface area (Å²) in [5, 5.41) is 4.11. The summed E-state index contributed by atoms with van der Waals surface area (Å²) < 4.78 is 10.7. The van der Waals surface area contributed by atoms with Gasteiger partial charge < -0.3 is 19.7 Å². The average molecular weight is 386 g/mol. The van der Waals surface area contributed by atoms with E-state index in [1.54, 1.807) is 7.11 Å². The second-order valence-corrected chi connectivity index (χ2v) is 6.89. The molecule has 0 saturated carbocycles. The van der Waals surface area contributed by atoms with E-state index in [2.05, 4.69) is 27.2 Å². The number of methoxy groups -OCH3 is 1. The predicted octanol–water partition coefficient (Wildman–Crippen LogP) is 3.61. The zero-order valence-electron chi connectivity index (χ0n) is 16.0. The zero-order chi connectivity index (χ0) is 19.1. The Labute approximate surface area is 166 Å². The van der Waals surface area contributed by atoms with Gasteiger partial charge in [0.15, 0.2) is 5.11 Å². The number of rotatable bonds is 6. The van der Waals surface area contributed by atoms with Gasteiger partial charge in [0.05, 0.1) is 13.7 Å². The van der Waals surface area contributed by atoms with Gasteiger partial charge in [-0.1, -0.05) is 12.1 Å². The number of benzene rings is 2. The van der Waals surface area contributed by atoms with Crippen LogP contribution in [0.15, 0.2) is 48.5 Å². The number of piperazine rings is 1. The smallest absolute Gasteiger partial charge is 0.173 e. The Bertz CT molecular complexity index is 726. The van der Waals surface area contributed by atoms with Crippen LogP contribution in [0.25, 0.3) is 0 Å². The molecule has 0 spiro atoms. The summed E-state index contributed by atoms with van der Waals surface area (Å²) in [7, 11) is 1.69. The molecule has 27 heavy (non-hydrogen) atoms. The molecular formula is C21H27N3O2S. The van der Waals surface area contributed by atoms with Crippen LogP contribution in [0.3, 0.4) is 0 Å². The molecule has 1 aliphatic rings. The molecule has 0 atom stereocenters. The van der Waals surface area contributed by atoms with Crippen molar-refractivity contribution in [1.82, 2.24) is 9.80 Å². The van der Waals surface area contributed by atoms with Crippen molar-refractivity contribution < 1.29 is 9.47 Å². The Kier molecular flexibility index (Phi) is 6.90. The Morgan fingerprint density at radius 1 is 0.963 bits per heavy atom. The Morgan fingerprint density at radius 3 is 2.19 bits per heavy atom. The van der Waals surface area contributed by atoms with E-state index in [9.17, 15) is 0 Å². The van der Waals surface area contributed by atoms with Crippen molar-refractivity contribution in [3.63, 3.8) is 0 Å². The molecule has 0 unspecified atom stereocenters. The van der Waals surface area contributed by atoms with E-state index >= 15 is 0 Å². The summed E-state index contributed by atoms with van der Waals surface area (Å²) in [5.74, 6) is 1.77. The lowest BCUT2D eigenvalue weighted by Gasteiger charge is -2.36. The highest BCUT2D eigenvalue weighted by atomic mass is 32.1. The summed E-state index contributed by atoms with van der Waals surface area (Å²) in [4.78, 5) is 4.69. The van der Waals surface area contributed by atoms with Gasteiger partial charge in [0.25, 0.3) is 0 Å². The van der Waals surface area contributed by atoms with Gasteiger partial charge in [0.1, 0.15) is 11.5 Å². The lowest BCUT2D eigenvalue weighted by atomic mass is 10.2. The van der Waals surface area contributed by atoms with Crippen molar-refractivity contribution >= 4 is 23.0 Å². The van der Waals surface area contributed by atoms with Crippen LogP contribution in [0.2, 0.25) is 0 Å². The molecule has 0 aliphatic carbocycles. The molecule has 0 radical (unpaired) electrons. The normalized spacial score (nSPS) is 14.7. The third kappa shape index (κ3) is 5.58. The van der Waals surface area contributed by atoms with Crippen LogP contribution in [0, 0.1) is 0 Å². The van der Waals surface area contributed by atoms with Gasteiger partial charge >= 0.3 is 0 Å². The van der Waals surface area contributed by atoms with Crippen LogP contribution in [-0.2, 0) is 6.54 Å². The van der Waals surface area contributed by atoms with E-state index in [1.165, 1.54) is 5.56 Å². The highest BCUT2D eigenvalue weighted by Gasteiger charge is 2.19. The van der Waals surface area contributed by atoms with Crippen molar-refractivity contribution in [2.24, 2.45) is 0 Å². The van der Waals surface area contributed by atoms with E-state index in [0.29, 0.717) is 6.61 Å². The summed E-state index contributed by atoms with van der Waals surface area (Å²) in [5.41, 5.74) is 2.29. The second-order valence-electron chi connectivity index (χ2n) is 6.50. The lowest BCUT2D eigenvalue weighted by Crippen LogP contribution is -2.49. The van der Waals surface area contributed by atoms with Crippen molar-refractivity contribution in [2.45, 2.75) is 13.5 Å². The molecule has 1 saturated heterocycles. The fourth-order valence-corrected chi connectivity index (χ4v) is 3.40. The van der Waals surface area contributed by atoms with E-state index in [1.807, 2.05) is 43.3 Å². The first-order valence-corrected chi connectivity index (χ1v) is 9.73. The van der Waals surface area contributed by atoms with Crippen LogP contribution in [-0.4, -0.2) is 54.8 Å². The molecule has 144 valence electrons. The van der Waals surface area contributed by atoms with E-state index in [4.69, 9.17) is 21.7 Å². The first-order chi connectivity index (χ1) is 13.2. The van der Waals surface area contributed by atoms with E-state index in [-0.39, 0.29) is 0 Å². The number of nitrogens with one attached hydrogen (secondary N) is 1. The average Bonchev–Trinajstić information content (AvgIpc) is 2.71. The first-order valence-electron chi connectivity index (χ1n) is 9.32. The van der Waals surface area contributed by atoms with E-state index < -0.39 is 0 Å². The zero-order valence-corrected chi connectivity index (χ0v) is 16.8. The molecule has 0 amide bonds. The molecule has 1 aliphatic heterocycles. The van der Waals surface area contributed by atoms with Gasteiger partial charge in [-0.2, -0.15) is 0 Å². The minimum Gasteiger partial charge on any atom is -0.497 e. The van der Waals surface area contributed by atoms with Crippen molar-refractivity contribution in [3.8, 4) is 11.5 Å². The van der Waals surface area contributed by atoms with Crippen LogP contribution >= 0.6 is 12.2 Å². The monoisotopic (exact) mass is 385 g/mol. The van der Waals surface area contributed by atoms with Gasteiger partial charge in [-0.3, -0.25) is 4.90 Å². The number of ether oxygens (including phenoxy) is 2. The van der Waals surface area contributed by atoms with Gasteiger partial charge in [-0.05, 0) is 61.1 Å². The lowest BCUT2D eigenvalue weighted by molar-refractivity contribution is 0.177. The Morgan fingerprint density at radius 2 is 1.59 bits per heavy atom. The van der Waals surface area contributed by atoms with Gasteiger partial charge in [0, 0.05) is 38.4 Å². The number of nitrogens with zero attached hydrogens (tertiary/aromatic N) is 2. The molecule has 0 aromatic heterocycles. The largest absolute Gasteiger partial charge is 0.497 e. The fourth-order valence-electron chi connectivity index (χ4n) is 3.10. The van der Waals surface area contributed by atoms with Crippen molar-refractivity contribution in [3.05, 3.63) is 54.1 Å². The van der Waals surface area contributed by atoms with Crippen LogP contribution in [0.5, 0.6) is 11.5 Å². The maximum Gasteiger partial charge on any atom is 0.173 e. The van der Waals surface area contributed by atoms with E-state index in [0.717, 1.165) is 55.0 Å². The second kappa shape index (κ2) is 9.58. The standard InChI is InChI=1S/C21H27N3O2S/c1-3-26-20-10-6-18(7-11-20)22-21(27)24-14-12-23(13-15-24)16-17-4-8-19(25-2)9-5-17/h4-11H,3,12-16H2,1-2H3,(H,22,27). The molecule has 3 rings (SSSR count). The molecule has 2 aromatic rings. The molecule has 0 bridgehead atoms. The third-order valence-electron chi connectivity index (χ3n) is 4.64. The number of anilines is 1. The van der Waals surface area contributed by atoms with Gasteiger partial charge in [-0.25, -0.2) is 0 Å².